The maximum atomic E-state index is 13.3. The molecule has 4 aliphatic rings. The number of Topliss-reactive ketones (excluding diaryl/α,β-unsaturated/α-hetero) is 2. The van der Waals surface area contributed by atoms with Crippen molar-refractivity contribution in [1.82, 2.24) is 19.5 Å². The smallest absolute Gasteiger partial charge is 0.323 e. The molecule has 0 amide bonds. The van der Waals surface area contributed by atoms with Crippen molar-refractivity contribution in [3.8, 4) is 0 Å². The fraction of sp³-hybridized carbons (Fsp3) is 0.676. The highest BCUT2D eigenvalue weighted by molar-refractivity contribution is 5.94. The summed E-state index contributed by atoms with van der Waals surface area (Å²) < 4.78 is 11.9. The number of nitrogen functional groups attached to an aromatic ring is 1. The summed E-state index contributed by atoms with van der Waals surface area (Å²) in [7, 11) is 0. The van der Waals surface area contributed by atoms with Gasteiger partial charge >= 0.3 is 5.97 Å². The number of esters is 1. The van der Waals surface area contributed by atoms with Crippen LogP contribution < -0.4 is 17.0 Å². The van der Waals surface area contributed by atoms with Gasteiger partial charge in [0.15, 0.2) is 22.7 Å². The lowest BCUT2D eigenvalue weighted by Gasteiger charge is -2.57. The lowest BCUT2D eigenvalue weighted by molar-refractivity contribution is -0.170. The Balaban J connectivity index is 0.000000193. The third-order valence-electron chi connectivity index (χ3n) is 11.6. The van der Waals surface area contributed by atoms with E-state index in [1.807, 2.05) is 20.8 Å². The van der Waals surface area contributed by atoms with Gasteiger partial charge in [-0.3, -0.25) is 33.5 Å². The molecule has 7 N–H and O–H groups in total. The monoisotopic (exact) mass is 684 g/mol. The number of rotatable bonds is 9. The molecule has 0 spiro atoms. The fourth-order valence-corrected chi connectivity index (χ4v) is 8.77. The van der Waals surface area contributed by atoms with Gasteiger partial charge in [0.05, 0.1) is 12.9 Å². The fourth-order valence-electron chi connectivity index (χ4n) is 8.77. The predicted octanol–water partition coefficient (Wildman–Crippen LogP) is 1.19. The molecule has 0 unspecified atom stereocenters. The van der Waals surface area contributed by atoms with Crippen molar-refractivity contribution in [1.29, 1.82) is 0 Å². The first-order valence-electron chi connectivity index (χ1n) is 16.9. The van der Waals surface area contributed by atoms with Gasteiger partial charge in [0, 0.05) is 24.2 Å². The Labute approximate surface area is 283 Å². The highest BCUT2D eigenvalue weighted by Crippen LogP contribution is 2.66. The number of fused-ring (bicyclic) bond motifs is 6. The highest BCUT2D eigenvalue weighted by atomic mass is 16.6. The van der Waals surface area contributed by atoms with E-state index in [1.54, 1.807) is 6.08 Å². The molecule has 15 heteroatoms. The largest absolute Gasteiger partial charge is 0.462 e. The minimum Gasteiger partial charge on any atom is -0.462 e. The number of carbonyl (C=O) groups excluding carboxylic acids is 4. The summed E-state index contributed by atoms with van der Waals surface area (Å²) in [5.41, 5.74) is 9.69. The van der Waals surface area contributed by atoms with Gasteiger partial charge in [-0.2, -0.15) is 4.98 Å². The van der Waals surface area contributed by atoms with Crippen molar-refractivity contribution in [3.63, 3.8) is 0 Å². The minimum atomic E-state index is -1.60. The first-order chi connectivity index (χ1) is 23.1. The van der Waals surface area contributed by atoms with Crippen LogP contribution in [0, 0.1) is 34.5 Å². The van der Waals surface area contributed by atoms with Crippen LogP contribution in [-0.4, -0.2) is 84.5 Å². The van der Waals surface area contributed by atoms with E-state index < -0.39 is 41.0 Å². The molecule has 3 saturated carbocycles. The van der Waals surface area contributed by atoms with Crippen molar-refractivity contribution in [3.05, 3.63) is 28.3 Å². The number of nitrogens with one attached hydrogen (secondary N) is 1. The average Bonchev–Trinajstić information content (AvgIpc) is 3.58. The second kappa shape index (κ2) is 13.8. The number of aliphatic hydroxyl groups is 2. The second-order valence-corrected chi connectivity index (χ2v) is 14.7. The van der Waals surface area contributed by atoms with Gasteiger partial charge in [-0.25, -0.2) is 4.98 Å². The van der Waals surface area contributed by atoms with Crippen molar-refractivity contribution < 1.29 is 38.9 Å². The molecule has 0 aliphatic heterocycles. The normalized spacial score (nSPS) is 31.3. The van der Waals surface area contributed by atoms with Crippen LogP contribution in [0.5, 0.6) is 0 Å². The number of carbonyl (C=O) groups is 4. The average molecular weight is 685 g/mol. The van der Waals surface area contributed by atoms with E-state index in [1.165, 1.54) is 10.9 Å². The van der Waals surface area contributed by atoms with E-state index in [0.29, 0.717) is 31.3 Å². The Bertz CT molecular complexity index is 1720. The van der Waals surface area contributed by atoms with E-state index in [2.05, 4.69) is 21.9 Å². The van der Waals surface area contributed by atoms with Crippen LogP contribution in [-0.2, 0) is 35.4 Å². The van der Waals surface area contributed by atoms with Crippen LogP contribution in [0.3, 0.4) is 0 Å². The zero-order valence-corrected chi connectivity index (χ0v) is 28.6. The standard InChI is InChI=1S/C21H28O5.C13H20N6O4/c1-19-7-5-13(23)9-12(19)3-4-14-15-6-8-21(26,17(25)11-22)20(15,2)10-16(24)18(14)19;1-7(2)8(14)12(21)23-4-3-22-6-19-5-16-9-10(19)17-13(15)18-11(9)20/h9,14-15,18,22,26H,3-8,10-11H2,1-2H3;5,7-8H,3-4,6,14H2,1-2H3,(H3,15,17,18,20)/t14-,15-,18+,19-,20-,21-;8-/m00/s1. The number of nitrogens with two attached hydrogens (primary N) is 2. The molecule has 0 aromatic carbocycles. The minimum absolute atomic E-state index is 0.000790. The molecule has 0 radical (unpaired) electrons. The number of aromatic amines is 1. The molecule has 2 heterocycles. The molecule has 4 aliphatic carbocycles. The molecule has 2 aromatic rings. The van der Waals surface area contributed by atoms with Crippen molar-refractivity contribution >= 4 is 40.4 Å². The maximum Gasteiger partial charge on any atom is 0.323 e. The summed E-state index contributed by atoms with van der Waals surface area (Å²) >= 11 is 0. The lowest BCUT2D eigenvalue weighted by atomic mass is 9.46. The Morgan fingerprint density at radius 1 is 1.14 bits per heavy atom. The van der Waals surface area contributed by atoms with Crippen LogP contribution in [0.25, 0.3) is 11.2 Å². The SMILES string of the molecule is CC(C)[C@H](N)C(=O)OCCOCn1cnc2c(=O)[nH]c(N)nc21.C[C@]12CCC(=O)C=C1CC[C@@H]1[C@@H]2C(=O)C[C@@]2(C)[C@H]1CC[C@]2(O)C(=O)CO. The van der Waals surface area contributed by atoms with Crippen LogP contribution in [0.15, 0.2) is 22.8 Å². The number of ether oxygens (including phenoxy) is 2. The molecule has 7 atom stereocenters. The predicted molar refractivity (Wildman–Crippen MR) is 176 cm³/mol. The number of anilines is 1. The van der Waals surface area contributed by atoms with Gasteiger partial charge in [-0.05, 0) is 61.3 Å². The van der Waals surface area contributed by atoms with Crippen LogP contribution >= 0.6 is 0 Å². The molecule has 0 bridgehead atoms. The first kappa shape index (κ1) is 36.5. The summed E-state index contributed by atoms with van der Waals surface area (Å²) in [4.78, 5) is 71.0. The molecule has 0 saturated heterocycles. The number of imidazole rings is 1. The van der Waals surface area contributed by atoms with Crippen LogP contribution in [0.4, 0.5) is 5.95 Å². The molecule has 3 fully saturated rings. The topological polar surface area (TPSA) is 243 Å². The number of H-pyrrole nitrogens is 1. The first-order valence-corrected chi connectivity index (χ1v) is 16.9. The Hall–Kier alpha value is -3.79. The van der Waals surface area contributed by atoms with E-state index >= 15 is 0 Å². The van der Waals surface area contributed by atoms with E-state index in [0.717, 1.165) is 18.4 Å². The molecule has 49 heavy (non-hydrogen) atoms. The Morgan fingerprint density at radius 3 is 2.57 bits per heavy atom. The van der Waals surface area contributed by atoms with Crippen LogP contribution in [0.1, 0.15) is 72.6 Å². The summed E-state index contributed by atoms with van der Waals surface area (Å²) in [6.45, 7) is 7.35. The van der Waals surface area contributed by atoms with Gasteiger partial charge in [-0.1, -0.05) is 33.3 Å². The van der Waals surface area contributed by atoms with Gasteiger partial charge < -0.3 is 31.2 Å². The van der Waals surface area contributed by atoms with Crippen molar-refractivity contribution in [2.24, 2.45) is 40.2 Å². The van der Waals surface area contributed by atoms with Gasteiger partial charge in [0.2, 0.25) is 5.95 Å². The third kappa shape index (κ3) is 6.48. The molecule has 6 rings (SSSR count). The zero-order chi connectivity index (χ0) is 35.9. The van der Waals surface area contributed by atoms with Gasteiger partial charge in [0.25, 0.3) is 5.56 Å². The van der Waals surface area contributed by atoms with Gasteiger partial charge in [-0.15, -0.1) is 0 Å². The van der Waals surface area contributed by atoms with Crippen molar-refractivity contribution in [2.75, 3.05) is 25.6 Å². The van der Waals surface area contributed by atoms with E-state index in [-0.39, 0.29) is 78.5 Å². The van der Waals surface area contributed by atoms with Gasteiger partial charge in [0.1, 0.15) is 37.4 Å². The molecule has 2 aromatic heterocycles. The number of allylic oxidation sites excluding steroid dienone is 1. The number of hydrogen-bond acceptors (Lipinski definition) is 13. The zero-order valence-electron chi connectivity index (χ0n) is 28.6. The van der Waals surface area contributed by atoms with Crippen molar-refractivity contribution in [2.45, 2.75) is 91.0 Å². The van der Waals surface area contributed by atoms with Crippen LogP contribution in [0.2, 0.25) is 0 Å². The summed E-state index contributed by atoms with van der Waals surface area (Å²) in [5.74, 6) is -0.623. The summed E-state index contributed by atoms with van der Waals surface area (Å²) in [6, 6.07) is -0.647. The quantitative estimate of drug-likeness (QED) is 0.184. The number of nitrogens with zero attached hydrogens (tertiary/aromatic N) is 3. The molecule has 268 valence electrons. The summed E-state index contributed by atoms with van der Waals surface area (Å²) in [5, 5.41) is 20.5. The highest BCUT2D eigenvalue weighted by Gasteiger charge is 2.68. The number of ketones is 3. The summed E-state index contributed by atoms with van der Waals surface area (Å²) in [6.07, 6.45) is 7.25. The molecule has 15 nitrogen and oxygen atoms in total. The molecular weight excluding hydrogens is 636 g/mol. The second-order valence-electron chi connectivity index (χ2n) is 14.7. The number of hydrogen-bond donors (Lipinski definition) is 5. The number of aromatic nitrogens is 4. The molecular formula is C34H48N6O9. The number of aliphatic hydroxyl groups excluding tert-OH is 1. The van der Waals surface area contributed by atoms with E-state index in [9.17, 15) is 34.2 Å². The van der Waals surface area contributed by atoms with E-state index in [4.69, 9.17) is 20.9 Å². The Morgan fingerprint density at radius 2 is 1.88 bits per heavy atom. The lowest BCUT2D eigenvalue weighted by Crippen LogP contribution is -2.60. The third-order valence-corrected chi connectivity index (χ3v) is 11.6. The maximum absolute atomic E-state index is 13.3. The Kier molecular flexibility index (Phi) is 10.3.